The lowest BCUT2D eigenvalue weighted by Gasteiger charge is -1.99. The van der Waals surface area contributed by atoms with Gasteiger partial charge in [-0.25, -0.2) is 0 Å². The first-order chi connectivity index (χ1) is 7.63. The van der Waals surface area contributed by atoms with Crippen molar-refractivity contribution >= 4 is 29.1 Å². The minimum atomic E-state index is -0.251. The van der Waals surface area contributed by atoms with Crippen LogP contribution >= 0.6 is 11.3 Å². The summed E-state index contributed by atoms with van der Waals surface area (Å²) in [5.41, 5.74) is 6.52. The van der Waals surface area contributed by atoms with Gasteiger partial charge in [-0.3, -0.25) is 4.79 Å². The van der Waals surface area contributed by atoms with E-state index in [1.54, 1.807) is 7.05 Å². The average Bonchev–Trinajstić information content (AvgIpc) is 2.83. The fraction of sp³-hybridized carbons (Fsp3) is 0.222. The van der Waals surface area contributed by atoms with Crippen LogP contribution in [0.1, 0.15) is 15.2 Å². The van der Waals surface area contributed by atoms with Crippen LogP contribution in [0.3, 0.4) is 0 Å². The van der Waals surface area contributed by atoms with Gasteiger partial charge in [0.1, 0.15) is 0 Å². The Balaban J connectivity index is 2.41. The molecule has 3 N–H and O–H groups in total. The number of rotatable bonds is 2. The summed E-state index contributed by atoms with van der Waals surface area (Å²) in [6.45, 7) is 1.87. The second-order valence-corrected chi connectivity index (χ2v) is 4.11. The lowest BCUT2D eigenvalue weighted by atomic mass is 10.3. The van der Waals surface area contributed by atoms with Gasteiger partial charge in [0.2, 0.25) is 11.9 Å². The van der Waals surface area contributed by atoms with Gasteiger partial charge in [-0.2, -0.15) is 9.67 Å². The number of carbonyl (C=O) groups is 1. The Labute approximate surface area is 96.1 Å². The first-order valence-electron chi connectivity index (χ1n) is 4.62. The summed E-state index contributed by atoms with van der Waals surface area (Å²) in [6.07, 6.45) is 0. The number of nitrogen functional groups attached to an aromatic ring is 1. The number of hydrogen-bond donors (Lipinski definition) is 2. The molecule has 0 spiro atoms. The largest absolute Gasteiger partial charge is 0.368 e. The highest BCUT2D eigenvalue weighted by molar-refractivity contribution is 7.12. The van der Waals surface area contributed by atoms with Gasteiger partial charge in [0, 0.05) is 7.05 Å². The van der Waals surface area contributed by atoms with Gasteiger partial charge in [-0.15, -0.1) is 16.4 Å². The molecule has 0 saturated heterocycles. The Morgan fingerprint density at radius 2 is 2.38 bits per heavy atom. The zero-order valence-corrected chi connectivity index (χ0v) is 9.71. The molecule has 0 unspecified atom stereocenters. The van der Waals surface area contributed by atoms with Crippen molar-refractivity contribution in [2.45, 2.75) is 6.92 Å². The van der Waals surface area contributed by atoms with E-state index >= 15 is 0 Å². The predicted molar refractivity (Wildman–Crippen MR) is 62.8 cm³/mol. The molecule has 0 amide bonds. The molecule has 0 fully saturated rings. The van der Waals surface area contributed by atoms with Crippen molar-refractivity contribution < 1.29 is 4.79 Å². The van der Waals surface area contributed by atoms with Crippen LogP contribution in [0.5, 0.6) is 0 Å². The summed E-state index contributed by atoms with van der Waals surface area (Å²) in [6, 6.07) is 1.88. The van der Waals surface area contributed by atoms with Crippen molar-refractivity contribution in [3.8, 4) is 0 Å². The van der Waals surface area contributed by atoms with E-state index in [0.717, 1.165) is 10.2 Å². The first-order valence-corrected chi connectivity index (χ1v) is 5.50. The van der Waals surface area contributed by atoms with Crippen molar-refractivity contribution in [2.75, 3.05) is 18.1 Å². The van der Waals surface area contributed by atoms with Crippen LogP contribution in [0.4, 0.5) is 11.9 Å². The van der Waals surface area contributed by atoms with E-state index in [0.29, 0.717) is 10.8 Å². The third-order valence-electron chi connectivity index (χ3n) is 2.10. The number of anilines is 2. The fourth-order valence-corrected chi connectivity index (χ4v) is 2.12. The quantitative estimate of drug-likeness (QED) is 0.812. The number of carbonyl (C=O) groups excluding carboxylic acids is 1. The third kappa shape index (κ3) is 1.65. The summed E-state index contributed by atoms with van der Waals surface area (Å²) < 4.78 is 1.10. The van der Waals surface area contributed by atoms with Gasteiger partial charge >= 0.3 is 0 Å². The van der Waals surface area contributed by atoms with Gasteiger partial charge in [0.25, 0.3) is 5.91 Å². The molecule has 2 aromatic rings. The second-order valence-electron chi connectivity index (χ2n) is 3.19. The molecule has 2 aromatic heterocycles. The Hall–Kier alpha value is -1.89. The molecule has 84 valence electrons. The minimum absolute atomic E-state index is 0.0853. The molecule has 2 heterocycles. The smallest absolute Gasteiger partial charge is 0.291 e. The van der Waals surface area contributed by atoms with Crippen LogP contribution in [0.15, 0.2) is 11.4 Å². The molecule has 0 aliphatic heterocycles. The molecule has 16 heavy (non-hydrogen) atoms. The molecule has 0 radical (unpaired) electrons. The zero-order chi connectivity index (χ0) is 11.7. The number of aromatic nitrogens is 3. The molecular weight excluding hydrogens is 226 g/mol. The van der Waals surface area contributed by atoms with E-state index < -0.39 is 0 Å². The van der Waals surface area contributed by atoms with Crippen LogP contribution in [0.2, 0.25) is 0 Å². The minimum Gasteiger partial charge on any atom is -0.368 e. The molecule has 0 bridgehead atoms. The summed E-state index contributed by atoms with van der Waals surface area (Å²) in [5.74, 6) is 0.168. The highest BCUT2D eigenvalue weighted by Gasteiger charge is 2.18. The Bertz CT molecular complexity index is 530. The van der Waals surface area contributed by atoms with Crippen LogP contribution in [0, 0.1) is 6.92 Å². The highest BCUT2D eigenvalue weighted by Crippen LogP contribution is 2.18. The van der Waals surface area contributed by atoms with Crippen LogP contribution < -0.4 is 11.1 Å². The number of aryl methyl sites for hydroxylation is 1. The summed E-state index contributed by atoms with van der Waals surface area (Å²) in [4.78, 5) is 16.6. The van der Waals surface area contributed by atoms with Crippen LogP contribution in [-0.2, 0) is 0 Å². The maximum Gasteiger partial charge on any atom is 0.291 e. The van der Waals surface area contributed by atoms with Gasteiger partial charge in [0.15, 0.2) is 0 Å². The van der Waals surface area contributed by atoms with E-state index in [-0.39, 0.29) is 11.9 Å². The molecule has 0 saturated carbocycles. The molecule has 7 heteroatoms. The number of thiophene rings is 1. The normalized spacial score (nSPS) is 10.4. The topological polar surface area (TPSA) is 85.8 Å². The highest BCUT2D eigenvalue weighted by atomic mass is 32.1. The predicted octanol–water partition coefficient (Wildman–Crippen LogP) is 0.960. The average molecular weight is 237 g/mol. The van der Waals surface area contributed by atoms with Gasteiger partial charge in [-0.1, -0.05) is 0 Å². The lowest BCUT2D eigenvalue weighted by Crippen LogP contribution is -2.16. The molecule has 0 atom stereocenters. The maximum atomic E-state index is 12.0. The van der Waals surface area contributed by atoms with Gasteiger partial charge in [0.05, 0.1) is 4.88 Å². The van der Waals surface area contributed by atoms with E-state index in [2.05, 4.69) is 15.4 Å². The van der Waals surface area contributed by atoms with Crippen molar-refractivity contribution in [2.24, 2.45) is 0 Å². The number of hydrogen-bond acceptors (Lipinski definition) is 6. The molecule has 6 nitrogen and oxygen atoms in total. The van der Waals surface area contributed by atoms with Crippen molar-refractivity contribution in [3.05, 3.63) is 21.9 Å². The standard InChI is InChI=1S/C9H11N5OS/c1-5-3-4-16-6(5)7(15)14-8(10)12-9(11-2)13-14/h3-4H,1-2H3,(H3,10,11,12,13). The second kappa shape index (κ2) is 3.93. The molecule has 0 aliphatic carbocycles. The summed E-state index contributed by atoms with van der Waals surface area (Å²) in [5, 5.41) is 8.54. The van der Waals surface area contributed by atoms with Gasteiger partial charge < -0.3 is 11.1 Å². The monoisotopic (exact) mass is 237 g/mol. The lowest BCUT2D eigenvalue weighted by molar-refractivity contribution is 0.0951. The summed E-state index contributed by atoms with van der Waals surface area (Å²) >= 11 is 1.36. The number of nitrogens with zero attached hydrogens (tertiary/aromatic N) is 3. The Morgan fingerprint density at radius 3 is 2.88 bits per heavy atom. The molecule has 0 aliphatic rings. The Kier molecular flexibility index (Phi) is 2.61. The van der Waals surface area contributed by atoms with E-state index in [1.807, 2.05) is 18.4 Å². The van der Waals surface area contributed by atoms with E-state index in [9.17, 15) is 4.79 Å². The molecular formula is C9H11N5OS. The zero-order valence-electron chi connectivity index (χ0n) is 8.89. The Morgan fingerprint density at radius 1 is 1.62 bits per heavy atom. The summed E-state index contributed by atoms with van der Waals surface area (Å²) in [7, 11) is 1.67. The molecule has 2 rings (SSSR count). The van der Waals surface area contributed by atoms with E-state index in [1.165, 1.54) is 11.3 Å². The molecule has 0 aromatic carbocycles. The first kappa shape index (κ1) is 10.6. The van der Waals surface area contributed by atoms with Crippen molar-refractivity contribution in [3.63, 3.8) is 0 Å². The van der Waals surface area contributed by atoms with Crippen molar-refractivity contribution in [1.82, 2.24) is 14.8 Å². The fourth-order valence-electron chi connectivity index (χ4n) is 1.27. The number of nitrogens with two attached hydrogens (primary N) is 1. The van der Waals surface area contributed by atoms with Crippen LogP contribution in [0.25, 0.3) is 0 Å². The van der Waals surface area contributed by atoms with Crippen LogP contribution in [-0.4, -0.2) is 27.7 Å². The van der Waals surface area contributed by atoms with Gasteiger partial charge in [-0.05, 0) is 23.9 Å². The maximum absolute atomic E-state index is 12.0. The van der Waals surface area contributed by atoms with E-state index in [4.69, 9.17) is 5.73 Å². The third-order valence-corrected chi connectivity index (χ3v) is 3.11. The van der Waals surface area contributed by atoms with Crippen molar-refractivity contribution in [1.29, 1.82) is 0 Å². The SMILES string of the molecule is CNc1nc(N)n(C(=O)c2sccc2C)n1. The number of nitrogens with one attached hydrogen (secondary N) is 1.